The SMILES string of the molecule is CCOC(=O)c1c(NC(=O)CSCC(=O)N=c2sc3cc(F)ccc3n2CC(=O)OC)sc2c1CCC(C)C2. The number of carbonyl (C=O) groups excluding carboxylic acids is 4. The van der Waals surface area contributed by atoms with E-state index in [0.29, 0.717) is 26.7 Å². The number of methoxy groups -OCH3 is 1. The van der Waals surface area contributed by atoms with Crippen molar-refractivity contribution in [1.29, 1.82) is 0 Å². The van der Waals surface area contributed by atoms with Crippen LogP contribution in [0.25, 0.3) is 10.2 Å². The molecule has 39 heavy (non-hydrogen) atoms. The van der Waals surface area contributed by atoms with Crippen LogP contribution in [0.2, 0.25) is 0 Å². The number of hydrogen-bond acceptors (Lipinski definition) is 9. The van der Waals surface area contributed by atoms with E-state index in [1.165, 1.54) is 41.2 Å². The van der Waals surface area contributed by atoms with Gasteiger partial charge in [-0.15, -0.1) is 23.1 Å². The lowest BCUT2D eigenvalue weighted by atomic mass is 9.88. The van der Waals surface area contributed by atoms with Crippen molar-refractivity contribution in [3.05, 3.63) is 44.8 Å². The first-order valence-electron chi connectivity index (χ1n) is 12.3. The van der Waals surface area contributed by atoms with Gasteiger partial charge in [-0.3, -0.25) is 14.4 Å². The van der Waals surface area contributed by atoms with Crippen molar-refractivity contribution >= 4 is 73.4 Å². The van der Waals surface area contributed by atoms with Crippen LogP contribution in [-0.2, 0) is 43.2 Å². The average Bonchev–Trinajstić information content (AvgIpc) is 3.40. The number of nitrogens with one attached hydrogen (secondary N) is 1. The maximum atomic E-state index is 13.7. The standard InChI is InChI=1S/C26H28FN3O6S3/c1-4-36-25(34)23-16-7-5-14(2)9-18(16)38-24(23)28-20(31)12-37-13-21(32)29-26-30(11-22(33)35-3)17-8-6-15(27)10-19(17)39-26/h6,8,10,14H,4-5,7,9,11-13H2,1-3H3,(H,28,31). The molecule has 2 amide bonds. The van der Waals surface area contributed by atoms with Gasteiger partial charge in [-0.1, -0.05) is 18.3 Å². The summed E-state index contributed by atoms with van der Waals surface area (Å²) in [5, 5.41) is 3.31. The van der Waals surface area contributed by atoms with Crippen molar-refractivity contribution in [3.63, 3.8) is 0 Å². The van der Waals surface area contributed by atoms with Gasteiger partial charge in [0.25, 0.3) is 5.91 Å². The van der Waals surface area contributed by atoms with Crippen molar-refractivity contribution in [2.45, 2.75) is 39.7 Å². The molecule has 1 aliphatic carbocycles. The fourth-order valence-corrected chi connectivity index (χ4v) is 7.35. The molecule has 0 bridgehead atoms. The number of amides is 2. The predicted molar refractivity (Wildman–Crippen MR) is 150 cm³/mol. The largest absolute Gasteiger partial charge is 0.468 e. The van der Waals surface area contributed by atoms with Crippen molar-refractivity contribution in [2.24, 2.45) is 10.9 Å². The number of thiophene rings is 1. The maximum Gasteiger partial charge on any atom is 0.341 e. The lowest BCUT2D eigenvalue weighted by molar-refractivity contribution is -0.141. The van der Waals surface area contributed by atoms with Gasteiger partial charge in [0.15, 0.2) is 4.80 Å². The fourth-order valence-electron chi connectivity index (χ4n) is 4.27. The third kappa shape index (κ3) is 6.95. The molecule has 1 unspecified atom stereocenters. The smallest absolute Gasteiger partial charge is 0.341 e. The molecular weight excluding hydrogens is 566 g/mol. The van der Waals surface area contributed by atoms with Crippen molar-refractivity contribution in [1.82, 2.24) is 4.57 Å². The molecule has 0 saturated heterocycles. The molecule has 1 N–H and O–H groups in total. The van der Waals surface area contributed by atoms with Crippen LogP contribution in [0, 0.1) is 11.7 Å². The molecule has 4 rings (SSSR count). The molecule has 9 nitrogen and oxygen atoms in total. The van der Waals surface area contributed by atoms with E-state index in [1.807, 2.05) is 0 Å². The summed E-state index contributed by atoms with van der Waals surface area (Å²) in [4.78, 5) is 55.3. The normalized spacial score (nSPS) is 15.2. The second-order valence-electron chi connectivity index (χ2n) is 8.98. The number of carbonyl (C=O) groups is 4. The van der Waals surface area contributed by atoms with Crippen LogP contribution in [0.5, 0.6) is 0 Å². The van der Waals surface area contributed by atoms with Crippen LogP contribution < -0.4 is 10.1 Å². The minimum atomic E-state index is -0.536. The predicted octanol–water partition coefficient (Wildman–Crippen LogP) is 4.18. The van der Waals surface area contributed by atoms with Crippen molar-refractivity contribution in [3.8, 4) is 0 Å². The summed E-state index contributed by atoms with van der Waals surface area (Å²) < 4.78 is 25.7. The van der Waals surface area contributed by atoms with Crippen LogP contribution in [0.1, 0.15) is 41.1 Å². The molecule has 2 aromatic heterocycles. The lowest BCUT2D eigenvalue weighted by Gasteiger charge is -2.18. The Hall–Kier alpha value is -3.03. The average molecular weight is 594 g/mol. The first-order chi connectivity index (χ1) is 18.7. The number of ether oxygens (including phenoxy) is 2. The number of nitrogens with zero attached hydrogens (tertiary/aromatic N) is 2. The number of thioether (sulfide) groups is 1. The van der Waals surface area contributed by atoms with Crippen LogP contribution in [0.15, 0.2) is 23.2 Å². The lowest BCUT2D eigenvalue weighted by Crippen LogP contribution is -2.23. The van der Waals surface area contributed by atoms with Gasteiger partial charge in [0.1, 0.15) is 17.4 Å². The number of rotatable bonds is 9. The van der Waals surface area contributed by atoms with E-state index in [2.05, 4.69) is 17.2 Å². The highest BCUT2D eigenvalue weighted by molar-refractivity contribution is 8.00. The fraction of sp³-hybridized carbons (Fsp3) is 0.423. The summed E-state index contributed by atoms with van der Waals surface area (Å²) >= 11 is 3.56. The highest BCUT2D eigenvalue weighted by Crippen LogP contribution is 2.40. The number of aromatic nitrogens is 1. The summed E-state index contributed by atoms with van der Waals surface area (Å²) in [5.74, 6) is -1.88. The minimum absolute atomic E-state index is 0.0255. The Kier molecular flexibility index (Phi) is 9.57. The molecule has 1 aromatic carbocycles. The molecule has 13 heteroatoms. The monoisotopic (exact) mass is 593 g/mol. The van der Waals surface area contributed by atoms with Gasteiger partial charge in [0.2, 0.25) is 5.91 Å². The van der Waals surface area contributed by atoms with Gasteiger partial charge in [-0.05, 0) is 55.9 Å². The van der Waals surface area contributed by atoms with Crippen molar-refractivity contribution in [2.75, 3.05) is 30.5 Å². The van der Waals surface area contributed by atoms with E-state index in [1.54, 1.807) is 6.92 Å². The van der Waals surface area contributed by atoms with Gasteiger partial charge < -0.3 is 19.4 Å². The Balaban J connectivity index is 1.43. The van der Waals surface area contributed by atoms with E-state index in [4.69, 9.17) is 9.47 Å². The highest BCUT2D eigenvalue weighted by atomic mass is 32.2. The molecule has 0 saturated carbocycles. The van der Waals surface area contributed by atoms with Gasteiger partial charge in [0, 0.05) is 4.88 Å². The van der Waals surface area contributed by atoms with E-state index in [0.717, 1.165) is 52.8 Å². The third-order valence-corrected chi connectivity index (χ3v) is 9.21. The molecule has 1 atom stereocenters. The Morgan fingerprint density at radius 3 is 2.77 bits per heavy atom. The maximum absolute atomic E-state index is 13.7. The van der Waals surface area contributed by atoms with Gasteiger partial charge >= 0.3 is 11.9 Å². The second-order valence-corrected chi connectivity index (χ2v) is 12.1. The van der Waals surface area contributed by atoms with E-state index < -0.39 is 23.7 Å². The van der Waals surface area contributed by atoms with E-state index >= 15 is 0 Å². The number of esters is 2. The Labute approximate surface area is 236 Å². The number of anilines is 1. The quantitative estimate of drug-likeness (QED) is 0.370. The van der Waals surface area contributed by atoms with Crippen LogP contribution in [0.4, 0.5) is 9.39 Å². The molecule has 0 fully saturated rings. The van der Waals surface area contributed by atoms with Crippen LogP contribution in [-0.4, -0.2) is 53.5 Å². The topological polar surface area (TPSA) is 116 Å². The van der Waals surface area contributed by atoms with Crippen LogP contribution in [0.3, 0.4) is 0 Å². The zero-order valence-corrected chi connectivity index (χ0v) is 24.2. The number of fused-ring (bicyclic) bond motifs is 2. The molecule has 0 radical (unpaired) electrons. The number of thiazole rings is 1. The summed E-state index contributed by atoms with van der Waals surface area (Å²) in [6.07, 6.45) is 2.59. The zero-order valence-electron chi connectivity index (χ0n) is 21.7. The summed E-state index contributed by atoms with van der Waals surface area (Å²) in [7, 11) is 1.25. The highest BCUT2D eigenvalue weighted by Gasteiger charge is 2.29. The number of halogens is 1. The number of hydrogen-bond donors (Lipinski definition) is 1. The third-order valence-electron chi connectivity index (χ3n) is 6.08. The zero-order chi connectivity index (χ0) is 28.1. The van der Waals surface area contributed by atoms with Gasteiger partial charge in [-0.2, -0.15) is 4.99 Å². The Morgan fingerprint density at radius 2 is 2.03 bits per heavy atom. The molecule has 0 aliphatic heterocycles. The van der Waals surface area contributed by atoms with E-state index in [-0.39, 0.29) is 35.4 Å². The Morgan fingerprint density at radius 1 is 1.23 bits per heavy atom. The molecule has 2 heterocycles. The van der Waals surface area contributed by atoms with Gasteiger partial charge in [0.05, 0.1) is 41.0 Å². The Bertz CT molecular complexity index is 1490. The molecule has 208 valence electrons. The van der Waals surface area contributed by atoms with E-state index in [9.17, 15) is 23.6 Å². The molecule has 3 aromatic rings. The number of benzene rings is 1. The summed E-state index contributed by atoms with van der Waals surface area (Å²) in [5.41, 5.74) is 1.94. The molecule has 1 aliphatic rings. The minimum Gasteiger partial charge on any atom is -0.468 e. The molecular formula is C26H28FN3O6S3. The first kappa shape index (κ1) is 29.0. The van der Waals surface area contributed by atoms with Crippen LogP contribution >= 0.6 is 34.4 Å². The summed E-state index contributed by atoms with van der Waals surface area (Å²) in [6, 6.07) is 4.09. The first-order valence-corrected chi connectivity index (χ1v) is 15.1. The second kappa shape index (κ2) is 12.9. The molecule has 0 spiro atoms. The summed E-state index contributed by atoms with van der Waals surface area (Å²) in [6.45, 7) is 3.96. The van der Waals surface area contributed by atoms with Gasteiger partial charge in [-0.25, -0.2) is 9.18 Å². The van der Waals surface area contributed by atoms with Crippen molar-refractivity contribution < 1.29 is 33.0 Å².